The summed E-state index contributed by atoms with van der Waals surface area (Å²) in [5, 5.41) is 0. The summed E-state index contributed by atoms with van der Waals surface area (Å²) >= 11 is 0. The first kappa shape index (κ1) is 20.8. The van der Waals surface area contributed by atoms with Crippen molar-refractivity contribution in [1.29, 1.82) is 0 Å². The third-order valence-corrected chi connectivity index (χ3v) is 7.87. The fourth-order valence-electron chi connectivity index (χ4n) is 4.21. The number of sulfonamides is 1. The first-order valence-corrected chi connectivity index (χ1v) is 11.8. The quantitative estimate of drug-likeness (QED) is 0.614. The van der Waals surface area contributed by atoms with E-state index in [0.29, 0.717) is 31.1 Å². The minimum atomic E-state index is -3.49. The summed E-state index contributed by atoms with van der Waals surface area (Å²) < 4.78 is 28.2. The number of nitrogens with zero attached hydrogens (tertiary/aromatic N) is 2. The molecule has 0 unspecified atom stereocenters. The normalized spacial score (nSPS) is 16.1. The Hall–Kier alpha value is -2.47. The zero-order chi connectivity index (χ0) is 21.1. The summed E-state index contributed by atoms with van der Waals surface area (Å²) in [5.74, 6) is 0. The van der Waals surface area contributed by atoms with Gasteiger partial charge >= 0.3 is 0 Å². The zero-order valence-electron chi connectivity index (χ0n) is 17.5. The van der Waals surface area contributed by atoms with Gasteiger partial charge in [-0.15, -0.1) is 0 Å². The molecule has 1 heterocycles. The standard InChI is InChI=1S/C25H28N2O2S/c1-20-13-14-21(2)24(19-20)30(28,29)27-17-15-26(16-18-27)25(22-9-5-3-6-10-22)23-11-7-4-8-12-23/h3-14,19,25H,15-18H2,1-2H3. The lowest BCUT2D eigenvalue weighted by Gasteiger charge is -2.39. The summed E-state index contributed by atoms with van der Waals surface area (Å²) in [4.78, 5) is 2.82. The first-order valence-electron chi connectivity index (χ1n) is 10.4. The van der Waals surface area contributed by atoms with Gasteiger partial charge in [-0.05, 0) is 42.2 Å². The van der Waals surface area contributed by atoms with Gasteiger partial charge in [-0.1, -0.05) is 72.8 Å². The van der Waals surface area contributed by atoms with Crippen LogP contribution in [0, 0.1) is 13.8 Å². The van der Waals surface area contributed by atoms with Gasteiger partial charge in [0.25, 0.3) is 0 Å². The summed E-state index contributed by atoms with van der Waals surface area (Å²) in [6.07, 6.45) is 0. The van der Waals surface area contributed by atoms with Crippen LogP contribution in [0.4, 0.5) is 0 Å². The first-order chi connectivity index (χ1) is 14.5. The summed E-state index contributed by atoms with van der Waals surface area (Å²) in [7, 11) is -3.49. The van der Waals surface area contributed by atoms with Crippen LogP contribution in [0.3, 0.4) is 0 Å². The molecule has 1 aliphatic rings. The number of piperazine rings is 1. The van der Waals surface area contributed by atoms with Crippen molar-refractivity contribution in [3.63, 3.8) is 0 Å². The lowest BCUT2D eigenvalue weighted by Crippen LogP contribution is -2.49. The second-order valence-corrected chi connectivity index (χ2v) is 9.84. The minimum absolute atomic E-state index is 0.123. The third-order valence-electron chi connectivity index (χ3n) is 5.83. The average Bonchev–Trinajstić information content (AvgIpc) is 2.77. The van der Waals surface area contributed by atoms with Gasteiger partial charge in [0.2, 0.25) is 10.0 Å². The molecule has 0 atom stereocenters. The summed E-state index contributed by atoms with van der Waals surface area (Å²) in [6.45, 7) is 6.17. The lowest BCUT2D eigenvalue weighted by atomic mass is 9.96. The second kappa shape index (κ2) is 8.72. The molecule has 30 heavy (non-hydrogen) atoms. The molecule has 1 aliphatic heterocycles. The Morgan fingerprint density at radius 2 is 1.27 bits per heavy atom. The van der Waals surface area contributed by atoms with Gasteiger partial charge in [0.05, 0.1) is 10.9 Å². The predicted octanol–water partition coefficient (Wildman–Crippen LogP) is 4.40. The maximum Gasteiger partial charge on any atom is 0.243 e. The minimum Gasteiger partial charge on any atom is -0.290 e. The molecule has 0 aromatic heterocycles. The molecule has 3 aromatic carbocycles. The molecule has 4 nitrogen and oxygen atoms in total. The summed E-state index contributed by atoms with van der Waals surface area (Å²) in [6, 6.07) is 26.7. The monoisotopic (exact) mass is 420 g/mol. The number of aryl methyl sites for hydroxylation is 2. The second-order valence-electron chi connectivity index (χ2n) is 7.93. The molecule has 4 rings (SSSR count). The molecule has 1 fully saturated rings. The van der Waals surface area contributed by atoms with Crippen molar-refractivity contribution >= 4 is 10.0 Å². The van der Waals surface area contributed by atoms with Gasteiger partial charge in [0, 0.05) is 26.2 Å². The van der Waals surface area contributed by atoms with Gasteiger partial charge in [0.1, 0.15) is 0 Å². The SMILES string of the molecule is Cc1ccc(C)c(S(=O)(=O)N2CCN(C(c3ccccc3)c3ccccc3)CC2)c1. The Morgan fingerprint density at radius 1 is 0.733 bits per heavy atom. The molecule has 0 spiro atoms. The number of hydrogen-bond acceptors (Lipinski definition) is 3. The highest BCUT2D eigenvalue weighted by Crippen LogP contribution is 2.31. The van der Waals surface area contributed by atoms with Crippen molar-refractivity contribution in [3.8, 4) is 0 Å². The number of rotatable bonds is 5. The molecule has 5 heteroatoms. The summed E-state index contributed by atoms with van der Waals surface area (Å²) in [5.41, 5.74) is 4.23. The van der Waals surface area contributed by atoms with Crippen LogP contribution in [0.15, 0.2) is 83.8 Å². The lowest BCUT2D eigenvalue weighted by molar-refractivity contribution is 0.156. The highest BCUT2D eigenvalue weighted by molar-refractivity contribution is 7.89. The van der Waals surface area contributed by atoms with Gasteiger partial charge in [0.15, 0.2) is 0 Å². The van der Waals surface area contributed by atoms with E-state index in [4.69, 9.17) is 0 Å². The Bertz CT molecular complexity index is 1050. The van der Waals surface area contributed by atoms with E-state index >= 15 is 0 Å². The van der Waals surface area contributed by atoms with Crippen LogP contribution in [-0.4, -0.2) is 43.8 Å². The molecule has 0 N–H and O–H groups in total. The van der Waals surface area contributed by atoms with Crippen molar-refractivity contribution < 1.29 is 8.42 Å². The molecular weight excluding hydrogens is 392 g/mol. The maximum absolute atomic E-state index is 13.3. The molecule has 0 amide bonds. The van der Waals surface area contributed by atoms with Crippen molar-refractivity contribution in [2.24, 2.45) is 0 Å². The molecule has 0 saturated carbocycles. The van der Waals surface area contributed by atoms with Gasteiger partial charge in [-0.2, -0.15) is 4.31 Å². The van der Waals surface area contributed by atoms with Gasteiger partial charge in [-0.3, -0.25) is 4.90 Å². The fraction of sp³-hybridized carbons (Fsp3) is 0.280. The zero-order valence-corrected chi connectivity index (χ0v) is 18.3. The molecule has 0 bridgehead atoms. The van der Waals surface area contributed by atoms with Gasteiger partial charge < -0.3 is 0 Å². The molecule has 3 aromatic rings. The molecule has 0 radical (unpaired) electrons. The average molecular weight is 421 g/mol. The van der Waals surface area contributed by atoms with Crippen LogP contribution in [0.1, 0.15) is 28.3 Å². The molecule has 0 aliphatic carbocycles. The Morgan fingerprint density at radius 3 is 1.80 bits per heavy atom. The third kappa shape index (κ3) is 4.19. The van der Waals surface area contributed by atoms with E-state index in [1.54, 1.807) is 10.4 Å². The maximum atomic E-state index is 13.3. The smallest absolute Gasteiger partial charge is 0.243 e. The van der Waals surface area contributed by atoms with Crippen LogP contribution in [0.5, 0.6) is 0 Å². The van der Waals surface area contributed by atoms with E-state index in [1.165, 1.54) is 11.1 Å². The van der Waals surface area contributed by atoms with E-state index in [9.17, 15) is 8.42 Å². The number of benzene rings is 3. The van der Waals surface area contributed by atoms with Gasteiger partial charge in [-0.25, -0.2) is 8.42 Å². The molecular formula is C25H28N2O2S. The molecule has 1 saturated heterocycles. The molecule has 156 valence electrons. The largest absolute Gasteiger partial charge is 0.290 e. The topological polar surface area (TPSA) is 40.6 Å². The van der Waals surface area contributed by atoms with Crippen molar-refractivity contribution in [1.82, 2.24) is 9.21 Å². The van der Waals surface area contributed by atoms with Crippen LogP contribution >= 0.6 is 0 Å². The van der Waals surface area contributed by atoms with Crippen molar-refractivity contribution in [2.45, 2.75) is 24.8 Å². The Kier molecular flexibility index (Phi) is 6.04. The van der Waals surface area contributed by atoms with Crippen LogP contribution in [0.25, 0.3) is 0 Å². The highest BCUT2D eigenvalue weighted by atomic mass is 32.2. The highest BCUT2D eigenvalue weighted by Gasteiger charge is 2.32. The van der Waals surface area contributed by atoms with E-state index in [-0.39, 0.29) is 6.04 Å². The van der Waals surface area contributed by atoms with E-state index in [0.717, 1.165) is 11.1 Å². The van der Waals surface area contributed by atoms with Crippen LogP contribution in [-0.2, 0) is 10.0 Å². The van der Waals surface area contributed by atoms with Crippen molar-refractivity contribution in [2.75, 3.05) is 26.2 Å². The van der Waals surface area contributed by atoms with Crippen LogP contribution in [0.2, 0.25) is 0 Å². The predicted molar refractivity (Wildman–Crippen MR) is 121 cm³/mol. The van der Waals surface area contributed by atoms with Crippen LogP contribution < -0.4 is 0 Å². The van der Waals surface area contributed by atoms with Crippen molar-refractivity contribution in [3.05, 3.63) is 101 Å². The van der Waals surface area contributed by atoms with E-state index < -0.39 is 10.0 Å². The van der Waals surface area contributed by atoms with E-state index in [2.05, 4.69) is 53.4 Å². The Labute approximate surface area is 179 Å². The van der Waals surface area contributed by atoms with E-state index in [1.807, 2.05) is 38.1 Å². The number of hydrogen-bond donors (Lipinski definition) is 0. The fourth-order valence-corrected chi connectivity index (χ4v) is 5.94. The Balaban J connectivity index is 1.57.